The summed E-state index contributed by atoms with van der Waals surface area (Å²) >= 11 is 2.35. The lowest BCUT2D eigenvalue weighted by Gasteiger charge is -2.16. The number of halogens is 1. The van der Waals surface area contributed by atoms with Gasteiger partial charge in [0.25, 0.3) is 0 Å². The number of hydrogen-bond acceptors (Lipinski definition) is 5. The fourth-order valence-electron chi connectivity index (χ4n) is 2.08. The Morgan fingerprint density at radius 3 is 1.70 bits per heavy atom. The molecule has 0 amide bonds. The molecule has 1 N–H and O–H groups in total. The molecule has 2 unspecified atom stereocenters. The van der Waals surface area contributed by atoms with Gasteiger partial charge in [-0.2, -0.15) is 0 Å². The molecule has 20 heavy (non-hydrogen) atoms. The van der Waals surface area contributed by atoms with Gasteiger partial charge in [0.2, 0.25) is 0 Å². The number of aliphatic hydroxyl groups is 1. The Hall–Kier alpha value is 0.530. The third-order valence-corrected chi connectivity index (χ3v) is 3.64. The van der Waals surface area contributed by atoms with Gasteiger partial charge in [-0.1, -0.05) is 22.6 Å². The Morgan fingerprint density at radius 2 is 1.40 bits per heavy atom. The molecule has 0 aromatic rings. The highest BCUT2D eigenvalue weighted by atomic mass is 127. The van der Waals surface area contributed by atoms with Gasteiger partial charge in [0.15, 0.2) is 11.6 Å². The van der Waals surface area contributed by atoms with E-state index in [4.69, 9.17) is 24.1 Å². The number of hydrogen-bond donors (Lipinski definition) is 1. The van der Waals surface area contributed by atoms with E-state index in [2.05, 4.69) is 22.6 Å². The van der Waals surface area contributed by atoms with Crippen molar-refractivity contribution < 1.29 is 24.1 Å². The van der Waals surface area contributed by atoms with Gasteiger partial charge in [-0.3, -0.25) is 0 Å². The highest BCUT2D eigenvalue weighted by molar-refractivity contribution is 14.1. The van der Waals surface area contributed by atoms with Crippen molar-refractivity contribution in [1.29, 1.82) is 0 Å². The van der Waals surface area contributed by atoms with Crippen LogP contribution >= 0.6 is 22.6 Å². The van der Waals surface area contributed by atoms with E-state index >= 15 is 0 Å². The minimum atomic E-state index is -0.445. The molecule has 5 nitrogen and oxygen atoms in total. The van der Waals surface area contributed by atoms with Gasteiger partial charge in [-0.25, -0.2) is 0 Å². The zero-order chi connectivity index (χ0) is 15.2. The SMILES string of the molecule is CC1(C)OCC(CCI)O1.CC1(C)OCC(CCO)O1. The van der Waals surface area contributed by atoms with Gasteiger partial charge in [-0.05, 0) is 40.5 Å². The van der Waals surface area contributed by atoms with Crippen molar-refractivity contribution in [1.82, 2.24) is 0 Å². The molecule has 2 aliphatic heterocycles. The first-order valence-corrected chi connectivity index (χ1v) is 8.61. The second kappa shape index (κ2) is 8.24. The summed E-state index contributed by atoms with van der Waals surface area (Å²) in [5.74, 6) is -0.781. The van der Waals surface area contributed by atoms with Crippen LogP contribution in [0.1, 0.15) is 40.5 Å². The minimum absolute atomic E-state index is 0.0833. The van der Waals surface area contributed by atoms with Crippen molar-refractivity contribution in [2.75, 3.05) is 24.2 Å². The maximum Gasteiger partial charge on any atom is 0.163 e. The zero-order valence-corrected chi connectivity index (χ0v) is 15.0. The summed E-state index contributed by atoms with van der Waals surface area (Å²) in [6, 6.07) is 0. The minimum Gasteiger partial charge on any atom is -0.396 e. The number of alkyl halides is 1. The average molecular weight is 402 g/mol. The van der Waals surface area contributed by atoms with Crippen LogP contribution in [0.5, 0.6) is 0 Å². The summed E-state index contributed by atoms with van der Waals surface area (Å²) in [5, 5.41) is 8.56. The molecule has 2 rings (SSSR count). The van der Waals surface area contributed by atoms with Gasteiger partial charge < -0.3 is 24.1 Å². The van der Waals surface area contributed by atoms with Crippen LogP contribution < -0.4 is 0 Å². The molecule has 0 spiro atoms. The van der Waals surface area contributed by atoms with Gasteiger partial charge in [0.1, 0.15) is 0 Å². The fourth-order valence-corrected chi connectivity index (χ4v) is 2.77. The van der Waals surface area contributed by atoms with E-state index < -0.39 is 5.79 Å². The normalized spacial score (nSPS) is 30.9. The largest absolute Gasteiger partial charge is 0.396 e. The first-order chi connectivity index (χ1) is 9.28. The number of rotatable bonds is 4. The van der Waals surface area contributed by atoms with Crippen LogP contribution in [0.3, 0.4) is 0 Å². The summed E-state index contributed by atoms with van der Waals surface area (Å²) in [4.78, 5) is 0. The van der Waals surface area contributed by atoms with Crippen LogP contribution in [0.2, 0.25) is 0 Å². The van der Waals surface area contributed by atoms with Crippen molar-refractivity contribution in [2.24, 2.45) is 0 Å². The summed E-state index contributed by atoms with van der Waals surface area (Å²) in [6.45, 7) is 9.21. The van der Waals surface area contributed by atoms with E-state index in [-0.39, 0.29) is 18.5 Å². The molecule has 0 aromatic carbocycles. The molecule has 2 fully saturated rings. The quantitative estimate of drug-likeness (QED) is 0.579. The molecule has 0 saturated carbocycles. The molecule has 0 aromatic heterocycles. The van der Waals surface area contributed by atoms with Crippen LogP contribution in [-0.2, 0) is 18.9 Å². The molecule has 2 aliphatic rings. The number of ether oxygens (including phenoxy) is 4. The average Bonchev–Trinajstić information content (AvgIpc) is 2.84. The molecule has 2 atom stereocenters. The Balaban J connectivity index is 0.000000200. The van der Waals surface area contributed by atoms with E-state index in [0.717, 1.165) is 17.5 Å². The summed E-state index contributed by atoms with van der Waals surface area (Å²) < 4.78 is 22.8. The second-order valence-corrected chi connectivity index (χ2v) is 6.97. The van der Waals surface area contributed by atoms with Gasteiger partial charge >= 0.3 is 0 Å². The molecule has 2 heterocycles. The first kappa shape index (κ1) is 18.6. The van der Waals surface area contributed by atoms with Crippen LogP contribution in [-0.4, -0.2) is 53.1 Å². The molecule has 0 aliphatic carbocycles. The fraction of sp³-hybridized carbons (Fsp3) is 1.00. The molecular weight excluding hydrogens is 375 g/mol. The van der Waals surface area contributed by atoms with Crippen molar-refractivity contribution in [2.45, 2.75) is 64.3 Å². The lowest BCUT2D eigenvalue weighted by atomic mass is 10.3. The lowest BCUT2D eigenvalue weighted by Crippen LogP contribution is -2.21. The maximum atomic E-state index is 8.56. The summed E-state index contributed by atoms with van der Waals surface area (Å²) in [6.07, 6.45) is 2.18. The molecule has 120 valence electrons. The summed E-state index contributed by atoms with van der Waals surface area (Å²) in [5.41, 5.74) is 0. The standard InChI is InChI=1S/C7H13IO2.C7H14O3/c2*1-7(2)9-5-6(10-7)3-4-8/h6H,3-5H2,1-2H3;6,8H,3-5H2,1-2H3. The maximum absolute atomic E-state index is 8.56. The van der Waals surface area contributed by atoms with Crippen molar-refractivity contribution >= 4 is 22.6 Å². The zero-order valence-electron chi connectivity index (χ0n) is 12.9. The van der Waals surface area contributed by atoms with Crippen LogP contribution in [0.4, 0.5) is 0 Å². The predicted molar refractivity (Wildman–Crippen MR) is 85.0 cm³/mol. The molecule has 2 saturated heterocycles. The van der Waals surface area contributed by atoms with Crippen LogP contribution in [0, 0.1) is 0 Å². The number of aliphatic hydroxyl groups excluding tert-OH is 1. The van der Waals surface area contributed by atoms with Gasteiger partial charge in [-0.15, -0.1) is 0 Å². The second-order valence-electron chi connectivity index (χ2n) is 5.89. The van der Waals surface area contributed by atoms with Crippen molar-refractivity contribution in [3.05, 3.63) is 0 Å². The monoisotopic (exact) mass is 402 g/mol. The first-order valence-electron chi connectivity index (χ1n) is 7.08. The Bertz CT molecular complexity index is 255. The van der Waals surface area contributed by atoms with E-state index in [1.165, 1.54) is 0 Å². The van der Waals surface area contributed by atoms with Gasteiger partial charge in [0, 0.05) is 11.0 Å². The van der Waals surface area contributed by atoms with E-state index in [1.807, 2.05) is 27.7 Å². The van der Waals surface area contributed by atoms with Crippen LogP contribution in [0.25, 0.3) is 0 Å². The molecular formula is C14H27IO5. The van der Waals surface area contributed by atoms with E-state index in [9.17, 15) is 0 Å². The Morgan fingerprint density at radius 1 is 0.950 bits per heavy atom. The third-order valence-electron chi connectivity index (χ3n) is 3.02. The van der Waals surface area contributed by atoms with E-state index in [1.54, 1.807) is 0 Å². The Labute approximate surface area is 135 Å². The third kappa shape index (κ3) is 7.00. The predicted octanol–water partition coefficient (Wildman–Crippen LogP) is 2.48. The van der Waals surface area contributed by atoms with E-state index in [0.29, 0.717) is 19.1 Å². The van der Waals surface area contributed by atoms with Crippen molar-refractivity contribution in [3.63, 3.8) is 0 Å². The molecule has 0 bridgehead atoms. The molecule has 6 heteroatoms. The topological polar surface area (TPSA) is 57.2 Å². The summed E-state index contributed by atoms with van der Waals surface area (Å²) in [7, 11) is 0. The Kier molecular flexibility index (Phi) is 7.65. The van der Waals surface area contributed by atoms with Gasteiger partial charge in [0.05, 0.1) is 25.4 Å². The molecule has 0 radical (unpaired) electrons. The highest BCUT2D eigenvalue weighted by Crippen LogP contribution is 2.24. The van der Waals surface area contributed by atoms with Crippen LogP contribution in [0.15, 0.2) is 0 Å². The van der Waals surface area contributed by atoms with Crippen molar-refractivity contribution in [3.8, 4) is 0 Å². The smallest absolute Gasteiger partial charge is 0.163 e. The lowest BCUT2D eigenvalue weighted by molar-refractivity contribution is -0.139. The highest BCUT2D eigenvalue weighted by Gasteiger charge is 2.32.